The lowest BCUT2D eigenvalue weighted by Crippen LogP contribution is -2.45. The molecule has 0 aliphatic carbocycles. The predicted octanol–water partition coefficient (Wildman–Crippen LogP) is 3.28. The number of hydrogen-bond donors (Lipinski definition) is 1. The van der Waals surface area contributed by atoms with Crippen molar-refractivity contribution in [3.8, 4) is 0 Å². The summed E-state index contributed by atoms with van der Waals surface area (Å²) >= 11 is 0. The number of amides is 1. The van der Waals surface area contributed by atoms with Gasteiger partial charge in [0.05, 0.1) is 11.9 Å². The van der Waals surface area contributed by atoms with Crippen LogP contribution < -0.4 is 10.2 Å². The minimum absolute atomic E-state index is 0.0269. The van der Waals surface area contributed by atoms with E-state index < -0.39 is 17.6 Å². The first-order valence-electron chi connectivity index (χ1n) is 10.00. The van der Waals surface area contributed by atoms with E-state index in [0.717, 1.165) is 25.0 Å². The van der Waals surface area contributed by atoms with Gasteiger partial charge in [0.1, 0.15) is 11.5 Å². The molecule has 0 saturated carbocycles. The second-order valence-corrected chi connectivity index (χ2v) is 7.53. The Morgan fingerprint density at radius 2 is 1.84 bits per heavy atom. The summed E-state index contributed by atoms with van der Waals surface area (Å²) in [7, 11) is 0. The number of nitrogens with one attached hydrogen (secondary N) is 1. The van der Waals surface area contributed by atoms with E-state index in [2.05, 4.69) is 25.2 Å². The molecule has 1 amide bonds. The first kappa shape index (κ1) is 21.7. The molecule has 7 nitrogen and oxygen atoms in total. The van der Waals surface area contributed by atoms with Crippen molar-refractivity contribution in [2.24, 2.45) is 0 Å². The van der Waals surface area contributed by atoms with Crippen LogP contribution in [0.4, 0.5) is 23.5 Å². The van der Waals surface area contributed by atoms with Crippen molar-refractivity contribution >= 4 is 11.9 Å². The molecule has 1 aliphatic rings. The fourth-order valence-electron chi connectivity index (χ4n) is 3.60. The van der Waals surface area contributed by atoms with Crippen LogP contribution in [0, 0.1) is 5.82 Å². The van der Waals surface area contributed by atoms with Gasteiger partial charge in [0.25, 0.3) is 5.91 Å². The zero-order valence-corrected chi connectivity index (χ0v) is 16.9. The highest BCUT2D eigenvalue weighted by molar-refractivity contribution is 5.92. The standard InChI is InChI=1S/C21H20F4N6O/c22-17-3-2-14(10-16(17)21(23,24)25)11-30-12-18(28-13-30)19(32)29-15-4-8-31(9-5-15)20-26-6-1-7-27-20/h1-3,6-7,10,12-13,15H,4-5,8-9,11H2,(H,29,32). The third-order valence-corrected chi connectivity index (χ3v) is 5.23. The molecule has 168 valence electrons. The van der Waals surface area contributed by atoms with Crippen molar-refractivity contribution in [3.63, 3.8) is 0 Å². The van der Waals surface area contributed by atoms with Crippen LogP contribution in [0.1, 0.15) is 34.5 Å². The van der Waals surface area contributed by atoms with Crippen LogP contribution >= 0.6 is 0 Å². The van der Waals surface area contributed by atoms with Crippen LogP contribution in [-0.4, -0.2) is 44.6 Å². The van der Waals surface area contributed by atoms with Crippen LogP contribution in [0.25, 0.3) is 0 Å². The Bertz CT molecular complexity index is 1080. The van der Waals surface area contributed by atoms with Crippen molar-refractivity contribution in [1.29, 1.82) is 0 Å². The SMILES string of the molecule is O=C(NC1CCN(c2ncccn2)CC1)c1cn(Cc2ccc(F)c(C(F)(F)F)c2)cn1. The average molecular weight is 448 g/mol. The van der Waals surface area contributed by atoms with Gasteiger partial charge in [-0.2, -0.15) is 13.2 Å². The molecule has 2 aromatic heterocycles. The molecule has 1 aliphatic heterocycles. The van der Waals surface area contributed by atoms with Gasteiger partial charge in [0.2, 0.25) is 5.95 Å². The highest BCUT2D eigenvalue weighted by Crippen LogP contribution is 2.32. The number of hydrogen-bond acceptors (Lipinski definition) is 5. The lowest BCUT2D eigenvalue weighted by Gasteiger charge is -2.32. The van der Waals surface area contributed by atoms with Crippen molar-refractivity contribution < 1.29 is 22.4 Å². The summed E-state index contributed by atoms with van der Waals surface area (Å²) in [5.41, 5.74) is -0.907. The molecule has 0 unspecified atom stereocenters. The van der Waals surface area contributed by atoms with Gasteiger partial charge in [-0.15, -0.1) is 0 Å². The van der Waals surface area contributed by atoms with Crippen LogP contribution in [0.3, 0.4) is 0 Å². The van der Waals surface area contributed by atoms with Crippen molar-refractivity contribution in [3.05, 3.63) is 71.8 Å². The van der Waals surface area contributed by atoms with E-state index in [4.69, 9.17) is 0 Å². The lowest BCUT2D eigenvalue weighted by molar-refractivity contribution is -0.140. The first-order chi connectivity index (χ1) is 15.3. The van der Waals surface area contributed by atoms with E-state index in [0.29, 0.717) is 19.0 Å². The fourth-order valence-corrected chi connectivity index (χ4v) is 3.60. The third kappa shape index (κ3) is 5.04. The Labute approximate surface area is 181 Å². The van der Waals surface area contributed by atoms with Crippen LogP contribution in [-0.2, 0) is 12.7 Å². The number of piperidine rings is 1. The van der Waals surface area contributed by atoms with Gasteiger partial charge in [-0.05, 0) is 36.6 Å². The molecule has 32 heavy (non-hydrogen) atoms. The Balaban J connectivity index is 1.34. The number of carbonyl (C=O) groups excluding carboxylic acids is 1. The smallest absolute Gasteiger partial charge is 0.348 e. The zero-order chi connectivity index (χ0) is 22.7. The normalized spacial score (nSPS) is 15.1. The average Bonchev–Trinajstić information content (AvgIpc) is 3.24. The maximum Gasteiger partial charge on any atom is 0.419 e. The van der Waals surface area contributed by atoms with Crippen LogP contribution in [0.5, 0.6) is 0 Å². The largest absolute Gasteiger partial charge is 0.419 e. The first-order valence-corrected chi connectivity index (χ1v) is 10.00. The summed E-state index contributed by atoms with van der Waals surface area (Å²) in [5.74, 6) is -1.02. The van der Waals surface area contributed by atoms with Gasteiger partial charge in [0.15, 0.2) is 0 Å². The lowest BCUT2D eigenvalue weighted by atomic mass is 10.1. The number of rotatable bonds is 5. The van der Waals surface area contributed by atoms with Crippen molar-refractivity contribution in [2.45, 2.75) is 31.6 Å². The van der Waals surface area contributed by atoms with Gasteiger partial charge in [-0.3, -0.25) is 4.79 Å². The van der Waals surface area contributed by atoms with Gasteiger partial charge in [0, 0.05) is 44.3 Å². The summed E-state index contributed by atoms with van der Waals surface area (Å²) in [5, 5.41) is 2.94. The minimum Gasteiger partial charge on any atom is -0.348 e. The quantitative estimate of drug-likeness (QED) is 0.607. The number of benzene rings is 1. The summed E-state index contributed by atoms with van der Waals surface area (Å²) < 4.78 is 53.6. The Hall–Kier alpha value is -3.50. The van der Waals surface area contributed by atoms with Crippen LogP contribution in [0.15, 0.2) is 49.2 Å². The van der Waals surface area contributed by atoms with Gasteiger partial charge in [-0.25, -0.2) is 19.3 Å². The minimum atomic E-state index is -4.78. The number of halogens is 4. The second-order valence-electron chi connectivity index (χ2n) is 7.53. The monoisotopic (exact) mass is 448 g/mol. The molecular weight excluding hydrogens is 428 g/mol. The molecular formula is C21H20F4N6O. The maximum atomic E-state index is 13.5. The Morgan fingerprint density at radius 1 is 1.12 bits per heavy atom. The van der Waals surface area contributed by atoms with E-state index in [-0.39, 0.29) is 29.8 Å². The number of carbonyl (C=O) groups is 1. The fraction of sp³-hybridized carbons (Fsp3) is 0.333. The summed E-state index contributed by atoms with van der Waals surface area (Å²) in [6.45, 7) is 1.43. The molecule has 1 fully saturated rings. The molecule has 0 atom stereocenters. The number of aromatic nitrogens is 4. The van der Waals surface area contributed by atoms with E-state index in [1.54, 1.807) is 18.5 Å². The number of alkyl halides is 3. The molecule has 3 aromatic rings. The van der Waals surface area contributed by atoms with E-state index >= 15 is 0 Å². The summed E-state index contributed by atoms with van der Waals surface area (Å²) in [6, 6.07) is 4.55. The van der Waals surface area contributed by atoms with Gasteiger partial charge >= 0.3 is 6.18 Å². The van der Waals surface area contributed by atoms with E-state index in [1.807, 2.05) is 0 Å². The highest BCUT2D eigenvalue weighted by atomic mass is 19.4. The third-order valence-electron chi connectivity index (χ3n) is 5.23. The number of nitrogens with zero attached hydrogens (tertiary/aromatic N) is 5. The molecule has 1 N–H and O–H groups in total. The topological polar surface area (TPSA) is 75.9 Å². The molecule has 0 spiro atoms. The molecule has 1 aromatic carbocycles. The van der Waals surface area contributed by atoms with Crippen LogP contribution in [0.2, 0.25) is 0 Å². The van der Waals surface area contributed by atoms with Gasteiger partial charge in [-0.1, -0.05) is 6.07 Å². The van der Waals surface area contributed by atoms with E-state index in [9.17, 15) is 22.4 Å². The van der Waals surface area contributed by atoms with E-state index in [1.165, 1.54) is 23.2 Å². The Morgan fingerprint density at radius 3 is 2.53 bits per heavy atom. The summed E-state index contributed by atoms with van der Waals surface area (Å²) in [4.78, 5) is 27.1. The molecule has 3 heterocycles. The molecule has 11 heteroatoms. The second kappa shape index (κ2) is 8.93. The summed E-state index contributed by atoms with van der Waals surface area (Å²) in [6.07, 6.45) is 2.86. The number of imidazole rings is 1. The van der Waals surface area contributed by atoms with Crippen molar-refractivity contribution in [1.82, 2.24) is 24.8 Å². The van der Waals surface area contributed by atoms with Gasteiger partial charge < -0.3 is 14.8 Å². The molecule has 0 bridgehead atoms. The number of anilines is 1. The Kier molecular flexibility index (Phi) is 6.06. The molecule has 0 radical (unpaired) electrons. The van der Waals surface area contributed by atoms with Crippen molar-refractivity contribution in [2.75, 3.05) is 18.0 Å². The predicted molar refractivity (Wildman–Crippen MR) is 107 cm³/mol. The zero-order valence-electron chi connectivity index (χ0n) is 16.9. The molecule has 1 saturated heterocycles. The highest BCUT2D eigenvalue weighted by Gasteiger charge is 2.34. The molecule has 4 rings (SSSR count). The maximum absolute atomic E-state index is 13.5.